The van der Waals surface area contributed by atoms with E-state index in [2.05, 4.69) is 47.4 Å². The standard InChI is InChI=1S/C26H31ClN2O/c27-25-12-10-23(11-13-25)24-14-18-29(19-15-24)26(30)5-3-4-21-6-8-22(9-7-21)20-28-16-1-2-17-28/h3-4,6-13,24H,1-2,5,14-20H2. The van der Waals surface area contributed by atoms with Crippen molar-refractivity contribution in [3.63, 3.8) is 0 Å². The van der Waals surface area contributed by atoms with Crippen molar-refractivity contribution >= 4 is 23.6 Å². The number of piperidine rings is 1. The number of carbonyl (C=O) groups excluding carboxylic acids is 1. The summed E-state index contributed by atoms with van der Waals surface area (Å²) in [7, 11) is 0. The molecule has 1 amide bonds. The SMILES string of the molecule is O=C(CC=Cc1ccc(CN2CCCC2)cc1)N1CCC(c2ccc(Cl)cc2)CC1. The lowest BCUT2D eigenvalue weighted by Crippen LogP contribution is -2.37. The topological polar surface area (TPSA) is 23.6 Å². The molecule has 2 saturated heterocycles. The third-order valence-corrected chi connectivity index (χ3v) is 6.63. The Bertz CT molecular complexity index is 846. The van der Waals surface area contributed by atoms with Gasteiger partial charge in [-0.1, -0.05) is 60.2 Å². The van der Waals surface area contributed by atoms with Gasteiger partial charge in [-0.25, -0.2) is 0 Å². The number of carbonyl (C=O) groups is 1. The zero-order valence-corrected chi connectivity index (χ0v) is 18.4. The highest BCUT2D eigenvalue weighted by atomic mass is 35.5. The summed E-state index contributed by atoms with van der Waals surface area (Å²) in [6.07, 6.45) is 9.24. The minimum atomic E-state index is 0.228. The molecule has 2 aliphatic heterocycles. The Morgan fingerprint density at radius 1 is 0.933 bits per heavy atom. The van der Waals surface area contributed by atoms with Crippen LogP contribution in [0, 0.1) is 0 Å². The van der Waals surface area contributed by atoms with Crippen LogP contribution in [0.3, 0.4) is 0 Å². The number of halogens is 1. The number of likely N-dealkylation sites (tertiary alicyclic amines) is 2. The average Bonchev–Trinajstić information content (AvgIpc) is 3.29. The lowest BCUT2D eigenvalue weighted by molar-refractivity contribution is -0.131. The Balaban J connectivity index is 1.21. The van der Waals surface area contributed by atoms with Gasteiger partial charge in [0.15, 0.2) is 0 Å². The second-order valence-electron chi connectivity index (χ2n) is 8.54. The number of hydrogen-bond donors (Lipinski definition) is 0. The molecule has 158 valence electrons. The summed E-state index contributed by atoms with van der Waals surface area (Å²) >= 11 is 5.99. The molecule has 0 radical (unpaired) electrons. The minimum Gasteiger partial charge on any atom is -0.342 e. The molecule has 0 atom stereocenters. The second kappa shape index (κ2) is 10.3. The molecule has 0 spiro atoms. The van der Waals surface area contributed by atoms with Crippen LogP contribution in [0.5, 0.6) is 0 Å². The van der Waals surface area contributed by atoms with E-state index in [-0.39, 0.29) is 5.91 Å². The van der Waals surface area contributed by atoms with Crippen molar-refractivity contribution in [3.05, 3.63) is 76.3 Å². The highest BCUT2D eigenvalue weighted by molar-refractivity contribution is 6.30. The zero-order chi connectivity index (χ0) is 20.8. The molecule has 0 saturated carbocycles. The molecule has 2 aromatic rings. The molecule has 3 nitrogen and oxygen atoms in total. The first kappa shape index (κ1) is 21.1. The molecule has 2 aromatic carbocycles. The quantitative estimate of drug-likeness (QED) is 0.592. The number of rotatable bonds is 6. The van der Waals surface area contributed by atoms with Crippen molar-refractivity contribution in [1.29, 1.82) is 0 Å². The van der Waals surface area contributed by atoms with Crippen LogP contribution in [-0.4, -0.2) is 41.9 Å². The van der Waals surface area contributed by atoms with Gasteiger partial charge in [0, 0.05) is 31.1 Å². The van der Waals surface area contributed by atoms with Crippen LogP contribution in [0.2, 0.25) is 5.02 Å². The highest BCUT2D eigenvalue weighted by Crippen LogP contribution is 2.29. The highest BCUT2D eigenvalue weighted by Gasteiger charge is 2.23. The van der Waals surface area contributed by atoms with E-state index >= 15 is 0 Å². The fourth-order valence-electron chi connectivity index (χ4n) is 4.56. The minimum absolute atomic E-state index is 0.228. The average molecular weight is 423 g/mol. The second-order valence-corrected chi connectivity index (χ2v) is 8.97. The molecule has 2 aliphatic rings. The van der Waals surface area contributed by atoms with Gasteiger partial charge in [-0.3, -0.25) is 9.69 Å². The van der Waals surface area contributed by atoms with Crippen molar-refractivity contribution in [2.45, 2.75) is 44.6 Å². The molecule has 30 heavy (non-hydrogen) atoms. The van der Waals surface area contributed by atoms with Gasteiger partial charge in [-0.2, -0.15) is 0 Å². The van der Waals surface area contributed by atoms with Gasteiger partial charge in [0.2, 0.25) is 5.91 Å². The van der Waals surface area contributed by atoms with E-state index in [9.17, 15) is 4.79 Å². The summed E-state index contributed by atoms with van der Waals surface area (Å²) in [5.74, 6) is 0.757. The molecular weight excluding hydrogens is 392 g/mol. The summed E-state index contributed by atoms with van der Waals surface area (Å²) in [5.41, 5.74) is 3.86. The molecule has 0 unspecified atom stereocenters. The van der Waals surface area contributed by atoms with Crippen molar-refractivity contribution in [3.8, 4) is 0 Å². The molecule has 2 heterocycles. The van der Waals surface area contributed by atoms with Crippen molar-refractivity contribution in [1.82, 2.24) is 9.80 Å². The Morgan fingerprint density at radius 3 is 2.27 bits per heavy atom. The number of benzene rings is 2. The Morgan fingerprint density at radius 2 is 1.60 bits per heavy atom. The van der Waals surface area contributed by atoms with Gasteiger partial charge in [0.1, 0.15) is 0 Å². The van der Waals surface area contributed by atoms with E-state index in [4.69, 9.17) is 11.6 Å². The molecule has 4 heteroatoms. The van der Waals surface area contributed by atoms with Crippen molar-refractivity contribution in [2.24, 2.45) is 0 Å². The maximum atomic E-state index is 12.6. The number of hydrogen-bond acceptors (Lipinski definition) is 2. The van der Waals surface area contributed by atoms with Crippen LogP contribution < -0.4 is 0 Å². The van der Waals surface area contributed by atoms with Gasteiger partial charge >= 0.3 is 0 Å². The molecular formula is C26H31ClN2O. The smallest absolute Gasteiger partial charge is 0.226 e. The van der Waals surface area contributed by atoms with Crippen LogP contribution in [0.25, 0.3) is 6.08 Å². The largest absolute Gasteiger partial charge is 0.342 e. The first-order valence-corrected chi connectivity index (χ1v) is 11.6. The summed E-state index contributed by atoms with van der Waals surface area (Å²) in [6.45, 7) is 5.17. The van der Waals surface area contributed by atoms with E-state index < -0.39 is 0 Å². The van der Waals surface area contributed by atoms with Crippen LogP contribution in [-0.2, 0) is 11.3 Å². The first-order valence-electron chi connectivity index (χ1n) is 11.2. The lowest BCUT2D eigenvalue weighted by Gasteiger charge is -2.32. The maximum absolute atomic E-state index is 12.6. The van der Waals surface area contributed by atoms with E-state index in [1.165, 1.54) is 37.1 Å². The normalized spacial score (nSPS) is 18.4. The van der Waals surface area contributed by atoms with Crippen LogP contribution in [0.4, 0.5) is 0 Å². The fourth-order valence-corrected chi connectivity index (χ4v) is 4.68. The Kier molecular flexibility index (Phi) is 7.24. The first-order chi connectivity index (χ1) is 14.7. The third-order valence-electron chi connectivity index (χ3n) is 6.38. The van der Waals surface area contributed by atoms with Crippen molar-refractivity contribution in [2.75, 3.05) is 26.2 Å². The number of nitrogens with zero attached hydrogens (tertiary/aromatic N) is 2. The van der Waals surface area contributed by atoms with E-state index in [0.717, 1.165) is 43.1 Å². The van der Waals surface area contributed by atoms with Crippen LogP contribution in [0.15, 0.2) is 54.6 Å². The van der Waals surface area contributed by atoms with Gasteiger partial charge in [0.05, 0.1) is 0 Å². The fraction of sp³-hybridized carbons (Fsp3) is 0.423. The summed E-state index contributed by atoms with van der Waals surface area (Å²) < 4.78 is 0. The molecule has 0 aliphatic carbocycles. The van der Waals surface area contributed by atoms with Crippen LogP contribution >= 0.6 is 11.6 Å². The number of amides is 1. The third kappa shape index (κ3) is 5.74. The predicted molar refractivity (Wildman–Crippen MR) is 125 cm³/mol. The molecule has 4 rings (SSSR count). The summed E-state index contributed by atoms with van der Waals surface area (Å²) in [4.78, 5) is 17.1. The van der Waals surface area contributed by atoms with Crippen LogP contribution in [0.1, 0.15) is 54.7 Å². The summed E-state index contributed by atoms with van der Waals surface area (Å²) in [6, 6.07) is 16.9. The molecule has 0 aromatic heterocycles. The molecule has 2 fully saturated rings. The van der Waals surface area contributed by atoms with Gasteiger partial charge in [-0.15, -0.1) is 0 Å². The monoisotopic (exact) mass is 422 g/mol. The Hall–Kier alpha value is -2.10. The van der Waals surface area contributed by atoms with E-state index in [1.54, 1.807) is 0 Å². The Labute approximate surface area is 185 Å². The molecule has 0 N–H and O–H groups in total. The van der Waals surface area contributed by atoms with E-state index in [1.807, 2.05) is 23.1 Å². The molecule has 0 bridgehead atoms. The maximum Gasteiger partial charge on any atom is 0.226 e. The van der Waals surface area contributed by atoms with Gasteiger partial charge in [0.25, 0.3) is 0 Å². The zero-order valence-electron chi connectivity index (χ0n) is 17.6. The van der Waals surface area contributed by atoms with Gasteiger partial charge < -0.3 is 4.90 Å². The van der Waals surface area contributed by atoms with E-state index in [0.29, 0.717) is 12.3 Å². The lowest BCUT2D eigenvalue weighted by atomic mass is 9.89. The summed E-state index contributed by atoms with van der Waals surface area (Å²) in [5, 5.41) is 0.777. The van der Waals surface area contributed by atoms with Crippen molar-refractivity contribution < 1.29 is 4.79 Å². The van der Waals surface area contributed by atoms with Gasteiger partial charge in [-0.05, 0) is 73.5 Å². The predicted octanol–water partition coefficient (Wildman–Crippen LogP) is 5.75.